The quantitative estimate of drug-likeness (QED) is 0.585. The summed E-state index contributed by atoms with van der Waals surface area (Å²) in [5, 5.41) is 0. The molecule has 0 aliphatic carbocycles. The molecule has 0 radical (unpaired) electrons. The lowest BCUT2D eigenvalue weighted by Crippen LogP contribution is -2.20. The Morgan fingerprint density at radius 2 is 0.929 bits per heavy atom. The third kappa shape index (κ3) is 6.91. The molecule has 84 valence electrons. The molecule has 0 aromatic rings. The molecule has 0 heterocycles. The summed E-state index contributed by atoms with van der Waals surface area (Å²) in [4.78, 5) is 0. The summed E-state index contributed by atoms with van der Waals surface area (Å²) in [5.41, 5.74) is 0. The van der Waals surface area contributed by atoms with E-state index in [4.69, 9.17) is 0 Å². The Labute approximate surface area is 99.3 Å². The lowest BCUT2D eigenvalue weighted by atomic mass is 9.82. The maximum absolute atomic E-state index is 2.37. The van der Waals surface area contributed by atoms with Crippen LogP contribution < -0.4 is 0 Å². The normalized spacial score (nSPS) is 13.2. The second-order valence-corrected chi connectivity index (χ2v) is 8.73. The molecule has 0 fully saturated rings. The molecule has 0 aromatic carbocycles. The van der Waals surface area contributed by atoms with Gasteiger partial charge in [0.25, 0.3) is 0 Å². The average Bonchev–Trinajstić information content (AvgIpc) is 1.76. The van der Waals surface area contributed by atoms with Crippen molar-refractivity contribution >= 4 is 16.3 Å². The number of hydrogen-bond acceptors (Lipinski definition) is 0. The Kier molecular flexibility index (Phi) is 6.42. The van der Waals surface area contributed by atoms with E-state index in [2.05, 4.69) is 41.5 Å². The van der Waals surface area contributed by atoms with Crippen molar-refractivity contribution in [3.8, 4) is 0 Å². The molecule has 0 saturated heterocycles. The fraction of sp³-hybridized carbons (Fsp3) is 1.00. The average molecular weight is 212 g/mol. The summed E-state index contributed by atoms with van der Waals surface area (Å²) in [6.45, 7) is 14.2. The topological polar surface area (TPSA) is 0 Å². The SMILES string of the molecule is CC(C)C[C]([AlH2])(CC(C)C)CC(C)C. The van der Waals surface area contributed by atoms with E-state index < -0.39 is 0 Å². The van der Waals surface area contributed by atoms with Crippen LogP contribution in [0.15, 0.2) is 0 Å². The van der Waals surface area contributed by atoms with Gasteiger partial charge in [-0.2, -0.15) is 0 Å². The Balaban J connectivity index is 4.32. The van der Waals surface area contributed by atoms with E-state index in [0.29, 0.717) is 4.28 Å². The molecular formula is C13H29Al. The van der Waals surface area contributed by atoms with Gasteiger partial charge in [-0.1, -0.05) is 65.1 Å². The first-order valence-corrected chi connectivity index (χ1v) is 7.25. The van der Waals surface area contributed by atoms with Gasteiger partial charge in [-0.25, -0.2) is 0 Å². The first kappa shape index (κ1) is 14.5. The van der Waals surface area contributed by atoms with Crippen molar-refractivity contribution in [2.24, 2.45) is 17.8 Å². The molecule has 0 nitrogen and oxygen atoms in total. The van der Waals surface area contributed by atoms with Gasteiger partial charge in [-0.3, -0.25) is 0 Å². The van der Waals surface area contributed by atoms with Crippen LogP contribution in [0.2, 0.25) is 4.28 Å². The highest BCUT2D eigenvalue weighted by atomic mass is 27.0. The van der Waals surface area contributed by atoms with Crippen LogP contribution >= 0.6 is 0 Å². The van der Waals surface area contributed by atoms with Crippen molar-refractivity contribution in [1.82, 2.24) is 0 Å². The van der Waals surface area contributed by atoms with Crippen molar-refractivity contribution in [3.63, 3.8) is 0 Å². The van der Waals surface area contributed by atoms with E-state index in [-0.39, 0.29) is 0 Å². The minimum Gasteiger partial charge on any atom is -0.0789 e. The standard InChI is InChI=1S/C13H27.Al.2H/c1-10(2)7-13(8-11(3)4)9-12(5)6;;;/h10-12H,7-9H2,1-6H3;;;. The van der Waals surface area contributed by atoms with Gasteiger partial charge in [0.05, 0.1) is 0 Å². The largest absolute Gasteiger partial charge is 0.221 e. The van der Waals surface area contributed by atoms with Crippen molar-refractivity contribution in [2.45, 2.75) is 65.1 Å². The smallest absolute Gasteiger partial charge is 0.0789 e. The zero-order chi connectivity index (χ0) is 11.4. The second-order valence-electron chi connectivity index (χ2n) is 6.60. The van der Waals surface area contributed by atoms with Gasteiger partial charge in [0.2, 0.25) is 16.3 Å². The predicted octanol–water partition coefficient (Wildman–Crippen LogP) is 3.92. The molecule has 0 rings (SSSR count). The van der Waals surface area contributed by atoms with Crippen LogP contribution in [0.25, 0.3) is 0 Å². The minimum absolute atomic E-state index is 0.705. The Morgan fingerprint density at radius 1 is 0.714 bits per heavy atom. The Morgan fingerprint density at radius 3 is 1.07 bits per heavy atom. The van der Waals surface area contributed by atoms with Crippen LogP contribution in [0, 0.1) is 17.8 Å². The molecule has 1 heteroatoms. The minimum atomic E-state index is 0.705. The van der Waals surface area contributed by atoms with E-state index in [1.54, 1.807) is 0 Å². The fourth-order valence-electron chi connectivity index (χ4n) is 3.21. The number of hydrogen-bond donors (Lipinski definition) is 0. The highest BCUT2D eigenvalue weighted by molar-refractivity contribution is 6.15. The van der Waals surface area contributed by atoms with Crippen LogP contribution in [0.3, 0.4) is 0 Å². The van der Waals surface area contributed by atoms with Crippen LogP contribution in [-0.4, -0.2) is 16.3 Å². The van der Waals surface area contributed by atoms with E-state index in [9.17, 15) is 0 Å². The molecule has 0 aromatic heterocycles. The molecule has 0 N–H and O–H groups in total. The lowest BCUT2D eigenvalue weighted by molar-refractivity contribution is 0.313. The molecule has 0 spiro atoms. The summed E-state index contributed by atoms with van der Waals surface area (Å²) < 4.78 is 0.705. The van der Waals surface area contributed by atoms with Crippen molar-refractivity contribution in [1.29, 1.82) is 0 Å². The summed E-state index contributed by atoms with van der Waals surface area (Å²) in [6.07, 6.45) is 4.32. The number of rotatable bonds is 6. The molecule has 0 unspecified atom stereocenters. The van der Waals surface area contributed by atoms with Gasteiger partial charge in [-0.05, 0) is 17.8 Å². The van der Waals surface area contributed by atoms with Crippen molar-refractivity contribution in [3.05, 3.63) is 0 Å². The van der Waals surface area contributed by atoms with E-state index in [0.717, 1.165) is 17.8 Å². The van der Waals surface area contributed by atoms with E-state index in [1.807, 2.05) is 0 Å². The van der Waals surface area contributed by atoms with Gasteiger partial charge in [0.15, 0.2) is 0 Å². The molecule has 0 atom stereocenters. The second kappa shape index (κ2) is 6.19. The van der Waals surface area contributed by atoms with Crippen LogP contribution in [-0.2, 0) is 0 Å². The first-order valence-electron chi connectivity index (χ1n) is 6.25. The van der Waals surface area contributed by atoms with Gasteiger partial charge in [0.1, 0.15) is 0 Å². The van der Waals surface area contributed by atoms with Crippen LogP contribution in [0.4, 0.5) is 0 Å². The molecule has 0 aliphatic heterocycles. The van der Waals surface area contributed by atoms with Crippen molar-refractivity contribution < 1.29 is 0 Å². The summed E-state index contributed by atoms with van der Waals surface area (Å²) in [5.74, 6) is 2.60. The summed E-state index contributed by atoms with van der Waals surface area (Å²) in [7, 11) is 0. The zero-order valence-electron chi connectivity index (χ0n) is 11.4. The Bertz CT molecular complexity index is 121. The maximum atomic E-state index is 2.37. The molecule has 0 aliphatic rings. The highest BCUT2D eigenvalue weighted by Gasteiger charge is 2.27. The molecule has 14 heavy (non-hydrogen) atoms. The van der Waals surface area contributed by atoms with E-state index in [1.165, 1.54) is 35.6 Å². The van der Waals surface area contributed by atoms with Gasteiger partial charge in [-0.15, -0.1) is 0 Å². The summed E-state index contributed by atoms with van der Waals surface area (Å²) in [6, 6.07) is 0. The maximum Gasteiger partial charge on any atom is 0.221 e. The highest BCUT2D eigenvalue weighted by Crippen LogP contribution is 2.43. The van der Waals surface area contributed by atoms with Gasteiger partial charge < -0.3 is 0 Å². The predicted molar refractivity (Wildman–Crippen MR) is 69.6 cm³/mol. The Hall–Kier alpha value is 0.532. The molecule has 0 amide bonds. The fourth-order valence-corrected chi connectivity index (χ4v) is 5.66. The molecular weight excluding hydrogens is 183 g/mol. The lowest BCUT2D eigenvalue weighted by Gasteiger charge is -2.35. The third-order valence-corrected chi connectivity index (χ3v) is 3.93. The molecule has 0 bridgehead atoms. The third-order valence-electron chi connectivity index (χ3n) is 2.70. The molecule has 0 saturated carbocycles. The monoisotopic (exact) mass is 212 g/mol. The van der Waals surface area contributed by atoms with E-state index >= 15 is 0 Å². The summed E-state index contributed by atoms with van der Waals surface area (Å²) >= 11 is 1.36. The first-order chi connectivity index (χ1) is 6.25. The van der Waals surface area contributed by atoms with Gasteiger partial charge >= 0.3 is 0 Å². The van der Waals surface area contributed by atoms with Crippen LogP contribution in [0.5, 0.6) is 0 Å². The zero-order valence-corrected chi connectivity index (χ0v) is 13.4. The van der Waals surface area contributed by atoms with Crippen molar-refractivity contribution in [2.75, 3.05) is 0 Å². The van der Waals surface area contributed by atoms with Crippen LogP contribution in [0.1, 0.15) is 60.8 Å². The van der Waals surface area contributed by atoms with Gasteiger partial charge in [0, 0.05) is 0 Å².